The molecule has 9 heteroatoms. The van der Waals surface area contributed by atoms with Crippen molar-refractivity contribution in [3.8, 4) is 0 Å². The standard InChI is InChI=1S/C23H22BrFN4O3/c1-2-27-11-12-28(23(32)22(27)31)14-21(30)29-20(16-5-9-18(25)10-6-16)13-19(26-29)15-3-7-17(24)8-4-15/h3-10,20H,2,11-14H2,1H3/t20-/m1/s1. The zero-order chi connectivity index (χ0) is 22.8. The van der Waals surface area contributed by atoms with E-state index in [0.717, 1.165) is 21.3 Å². The molecule has 166 valence electrons. The van der Waals surface area contributed by atoms with Crippen LogP contribution >= 0.6 is 15.9 Å². The molecule has 3 amide bonds. The summed E-state index contributed by atoms with van der Waals surface area (Å²) in [6.45, 7) is 2.70. The van der Waals surface area contributed by atoms with Crippen molar-refractivity contribution in [3.05, 3.63) is 69.9 Å². The summed E-state index contributed by atoms with van der Waals surface area (Å²) in [6.07, 6.45) is 0.454. The molecule has 0 aromatic heterocycles. The first-order chi connectivity index (χ1) is 15.4. The number of amides is 3. The summed E-state index contributed by atoms with van der Waals surface area (Å²) in [5.41, 5.74) is 2.34. The molecule has 32 heavy (non-hydrogen) atoms. The largest absolute Gasteiger partial charge is 0.333 e. The van der Waals surface area contributed by atoms with E-state index < -0.39 is 23.8 Å². The van der Waals surface area contributed by atoms with Gasteiger partial charge in [-0.3, -0.25) is 14.4 Å². The van der Waals surface area contributed by atoms with Gasteiger partial charge in [-0.2, -0.15) is 5.10 Å². The lowest BCUT2D eigenvalue weighted by Crippen LogP contribution is -2.56. The first-order valence-corrected chi connectivity index (χ1v) is 11.2. The summed E-state index contributed by atoms with van der Waals surface area (Å²) in [4.78, 5) is 40.6. The van der Waals surface area contributed by atoms with E-state index in [-0.39, 0.29) is 12.4 Å². The van der Waals surface area contributed by atoms with Crippen molar-refractivity contribution in [2.24, 2.45) is 5.10 Å². The number of halogens is 2. The fraction of sp³-hybridized carbons (Fsp3) is 0.304. The maximum absolute atomic E-state index is 13.5. The Labute approximate surface area is 193 Å². The average Bonchev–Trinajstić information content (AvgIpc) is 3.24. The van der Waals surface area contributed by atoms with Gasteiger partial charge in [-0.1, -0.05) is 40.2 Å². The number of likely N-dealkylation sites (N-methyl/N-ethyl adjacent to an activating group) is 1. The predicted molar refractivity (Wildman–Crippen MR) is 120 cm³/mol. The summed E-state index contributed by atoms with van der Waals surface area (Å²) in [5.74, 6) is -2.03. The van der Waals surface area contributed by atoms with Gasteiger partial charge in [0.1, 0.15) is 12.4 Å². The molecule has 2 aliphatic heterocycles. The Balaban J connectivity index is 1.59. The fourth-order valence-corrected chi connectivity index (χ4v) is 4.17. The van der Waals surface area contributed by atoms with Gasteiger partial charge in [0, 0.05) is 30.5 Å². The van der Waals surface area contributed by atoms with Crippen LogP contribution in [0, 0.1) is 5.82 Å². The molecule has 0 unspecified atom stereocenters. The molecular weight excluding hydrogens is 479 g/mol. The molecule has 0 saturated carbocycles. The molecule has 2 aromatic carbocycles. The molecule has 0 bridgehead atoms. The number of carbonyl (C=O) groups is 3. The maximum Gasteiger partial charge on any atom is 0.312 e. The zero-order valence-corrected chi connectivity index (χ0v) is 19.1. The first-order valence-electron chi connectivity index (χ1n) is 10.4. The number of hydrogen-bond acceptors (Lipinski definition) is 4. The van der Waals surface area contributed by atoms with Crippen LogP contribution in [0.3, 0.4) is 0 Å². The second-order valence-corrected chi connectivity index (χ2v) is 8.59. The van der Waals surface area contributed by atoms with Crippen molar-refractivity contribution in [3.63, 3.8) is 0 Å². The van der Waals surface area contributed by atoms with Gasteiger partial charge in [-0.15, -0.1) is 0 Å². The summed E-state index contributed by atoms with van der Waals surface area (Å²) < 4.78 is 14.4. The Morgan fingerprint density at radius 3 is 2.31 bits per heavy atom. The number of nitrogens with zero attached hydrogens (tertiary/aromatic N) is 4. The molecule has 2 heterocycles. The lowest BCUT2D eigenvalue weighted by atomic mass is 9.98. The molecular formula is C23H22BrFN4O3. The van der Waals surface area contributed by atoms with Crippen LogP contribution in [0.15, 0.2) is 58.1 Å². The van der Waals surface area contributed by atoms with Crippen LogP contribution < -0.4 is 0 Å². The summed E-state index contributed by atoms with van der Waals surface area (Å²) >= 11 is 3.41. The van der Waals surface area contributed by atoms with E-state index in [0.29, 0.717) is 26.1 Å². The van der Waals surface area contributed by atoms with Crippen LogP contribution in [-0.2, 0) is 14.4 Å². The molecule has 2 aromatic rings. The molecule has 0 spiro atoms. The fourth-order valence-electron chi connectivity index (χ4n) is 3.90. The first kappa shape index (κ1) is 22.1. The second-order valence-electron chi connectivity index (χ2n) is 7.67. The van der Waals surface area contributed by atoms with Gasteiger partial charge in [-0.05, 0) is 42.3 Å². The molecule has 0 N–H and O–H groups in total. The summed E-state index contributed by atoms with van der Waals surface area (Å²) in [6, 6.07) is 13.1. The van der Waals surface area contributed by atoms with E-state index in [2.05, 4.69) is 21.0 Å². The van der Waals surface area contributed by atoms with Crippen LogP contribution in [-0.4, -0.2) is 64.4 Å². The van der Waals surface area contributed by atoms with E-state index in [1.54, 1.807) is 12.1 Å². The SMILES string of the molecule is CCN1CCN(CC(=O)N2N=C(c3ccc(Br)cc3)C[C@@H]2c2ccc(F)cc2)C(=O)C1=O. The van der Waals surface area contributed by atoms with Gasteiger partial charge < -0.3 is 9.80 Å². The Hall–Kier alpha value is -3.07. The monoisotopic (exact) mass is 500 g/mol. The van der Waals surface area contributed by atoms with Gasteiger partial charge in [0.15, 0.2) is 0 Å². The lowest BCUT2D eigenvalue weighted by molar-refractivity contribution is -0.157. The maximum atomic E-state index is 13.5. The van der Waals surface area contributed by atoms with E-state index in [1.807, 2.05) is 31.2 Å². The van der Waals surface area contributed by atoms with Crippen molar-refractivity contribution >= 4 is 39.4 Å². The number of benzene rings is 2. The predicted octanol–water partition coefficient (Wildman–Crippen LogP) is 2.96. The van der Waals surface area contributed by atoms with Crippen molar-refractivity contribution in [2.45, 2.75) is 19.4 Å². The molecule has 0 aliphatic carbocycles. The molecule has 1 atom stereocenters. The van der Waals surface area contributed by atoms with Gasteiger partial charge in [0.2, 0.25) is 0 Å². The van der Waals surface area contributed by atoms with Gasteiger partial charge >= 0.3 is 11.8 Å². The van der Waals surface area contributed by atoms with Gasteiger partial charge in [0.25, 0.3) is 5.91 Å². The van der Waals surface area contributed by atoms with Crippen LogP contribution in [0.1, 0.15) is 30.5 Å². The number of carbonyl (C=O) groups excluding carboxylic acids is 3. The van der Waals surface area contributed by atoms with E-state index in [9.17, 15) is 18.8 Å². The number of rotatable bonds is 5. The van der Waals surface area contributed by atoms with Crippen LogP contribution in [0.5, 0.6) is 0 Å². The highest BCUT2D eigenvalue weighted by molar-refractivity contribution is 9.10. The highest BCUT2D eigenvalue weighted by Gasteiger charge is 2.37. The normalized spacial score (nSPS) is 18.9. The minimum absolute atomic E-state index is 0.239. The van der Waals surface area contributed by atoms with Crippen molar-refractivity contribution in [1.82, 2.24) is 14.8 Å². The smallest absolute Gasteiger partial charge is 0.312 e. The highest BCUT2D eigenvalue weighted by atomic mass is 79.9. The second kappa shape index (κ2) is 9.20. The van der Waals surface area contributed by atoms with Gasteiger partial charge in [0.05, 0.1) is 11.8 Å². The highest BCUT2D eigenvalue weighted by Crippen LogP contribution is 2.33. The van der Waals surface area contributed by atoms with Crippen LogP contribution in [0.2, 0.25) is 0 Å². The Morgan fingerprint density at radius 2 is 1.66 bits per heavy atom. The van der Waals surface area contributed by atoms with E-state index in [1.165, 1.54) is 26.9 Å². The topological polar surface area (TPSA) is 73.3 Å². The Bertz CT molecular complexity index is 1070. The minimum atomic E-state index is -0.680. The third-order valence-electron chi connectivity index (χ3n) is 5.70. The van der Waals surface area contributed by atoms with E-state index in [4.69, 9.17) is 0 Å². The average molecular weight is 501 g/mol. The van der Waals surface area contributed by atoms with Crippen LogP contribution in [0.25, 0.3) is 0 Å². The number of piperazine rings is 1. The molecule has 4 rings (SSSR count). The number of hydrogen-bond donors (Lipinski definition) is 0. The van der Waals surface area contributed by atoms with Crippen molar-refractivity contribution < 1.29 is 18.8 Å². The third kappa shape index (κ3) is 4.43. The molecule has 0 radical (unpaired) electrons. The van der Waals surface area contributed by atoms with Crippen molar-refractivity contribution in [2.75, 3.05) is 26.2 Å². The van der Waals surface area contributed by atoms with Gasteiger partial charge in [-0.25, -0.2) is 9.40 Å². The molecule has 1 fully saturated rings. The molecule has 7 nitrogen and oxygen atoms in total. The zero-order valence-electron chi connectivity index (χ0n) is 17.5. The van der Waals surface area contributed by atoms with E-state index >= 15 is 0 Å². The lowest BCUT2D eigenvalue weighted by Gasteiger charge is -2.33. The third-order valence-corrected chi connectivity index (χ3v) is 6.23. The molecule has 1 saturated heterocycles. The molecule has 2 aliphatic rings. The Kier molecular flexibility index (Phi) is 6.36. The minimum Gasteiger partial charge on any atom is -0.333 e. The van der Waals surface area contributed by atoms with Crippen LogP contribution in [0.4, 0.5) is 4.39 Å². The Morgan fingerprint density at radius 1 is 1.03 bits per heavy atom. The summed E-state index contributed by atoms with van der Waals surface area (Å²) in [5, 5.41) is 5.92. The quantitative estimate of drug-likeness (QED) is 0.592. The van der Waals surface area contributed by atoms with Crippen molar-refractivity contribution in [1.29, 1.82) is 0 Å². The number of hydrazone groups is 1. The summed E-state index contributed by atoms with van der Waals surface area (Å²) in [7, 11) is 0.